The van der Waals surface area contributed by atoms with Crippen LogP contribution in [-0.4, -0.2) is 49.7 Å². The van der Waals surface area contributed by atoms with Gasteiger partial charge in [-0.15, -0.1) is 0 Å². The summed E-state index contributed by atoms with van der Waals surface area (Å²) in [5.41, 5.74) is 2.98. The van der Waals surface area contributed by atoms with E-state index >= 15 is 0 Å². The predicted molar refractivity (Wildman–Crippen MR) is 157 cm³/mol. The molecule has 0 fully saturated rings. The molecule has 1 N–H and O–H groups in total. The number of rotatable bonds is 6. The van der Waals surface area contributed by atoms with Gasteiger partial charge in [-0.25, -0.2) is 4.79 Å². The van der Waals surface area contributed by atoms with Gasteiger partial charge in [0.25, 0.3) is 0 Å². The van der Waals surface area contributed by atoms with Crippen LogP contribution in [0.15, 0.2) is 82.9 Å². The first kappa shape index (κ1) is 32.4. The molecule has 0 aromatic heterocycles. The maximum Gasteiger partial charge on any atom is 0.373 e. The van der Waals surface area contributed by atoms with E-state index in [9.17, 15) is 9.90 Å². The predicted octanol–water partition coefficient (Wildman–Crippen LogP) is 6.76. The fourth-order valence-corrected chi connectivity index (χ4v) is 4.95. The monoisotopic (exact) mass is 540 g/mol. The van der Waals surface area contributed by atoms with Gasteiger partial charge in [0.05, 0.1) is 13.2 Å². The normalized spacial score (nSPS) is 34.6. The van der Waals surface area contributed by atoms with Crippen molar-refractivity contribution in [3.63, 3.8) is 0 Å². The number of carbonyl (C=O) groups excluding carboxylic acids is 1. The average molecular weight is 541 g/mol. The summed E-state index contributed by atoms with van der Waals surface area (Å²) in [5, 5.41) is 10.8. The molecule has 7 atom stereocenters. The first-order chi connectivity index (χ1) is 18.5. The molecule has 2 aliphatic rings. The number of esters is 1. The van der Waals surface area contributed by atoms with Gasteiger partial charge in [-0.2, -0.15) is 0 Å². The van der Waals surface area contributed by atoms with Crippen LogP contribution in [0.4, 0.5) is 0 Å². The lowest BCUT2D eigenvalue weighted by atomic mass is 9.89. The lowest BCUT2D eigenvalue weighted by Crippen LogP contribution is -2.37. The van der Waals surface area contributed by atoms with Crippen LogP contribution in [0, 0.1) is 17.8 Å². The van der Waals surface area contributed by atoms with Crippen molar-refractivity contribution >= 4 is 5.97 Å². The third kappa shape index (κ3) is 9.40. The highest BCUT2D eigenvalue weighted by molar-refractivity contribution is 5.87. The molecular weight excluding hydrogens is 492 g/mol. The Hall–Kier alpha value is -2.83. The minimum absolute atomic E-state index is 0.0582. The molecule has 0 saturated heterocycles. The van der Waals surface area contributed by atoms with Gasteiger partial charge in [0.1, 0.15) is 24.1 Å². The smallest absolute Gasteiger partial charge is 0.373 e. The molecule has 2 rings (SSSR count). The highest BCUT2D eigenvalue weighted by Gasteiger charge is 2.30. The Balaban J connectivity index is 2.46. The molecule has 216 valence electrons. The molecule has 0 unspecified atom stereocenters. The minimum Gasteiger partial charge on any atom is -0.490 e. The Labute approximate surface area is 235 Å². The molecule has 2 heterocycles. The number of ether oxygens (including phenoxy) is 4. The van der Waals surface area contributed by atoms with Crippen molar-refractivity contribution in [1.82, 2.24) is 0 Å². The van der Waals surface area contributed by atoms with Crippen molar-refractivity contribution < 1.29 is 28.8 Å². The molecular formula is C33H48O6. The summed E-state index contributed by atoms with van der Waals surface area (Å²) in [6, 6.07) is 0. The fraction of sp³-hybridized carbons (Fsp3) is 0.545. The van der Waals surface area contributed by atoms with Crippen molar-refractivity contribution in [2.45, 2.75) is 85.7 Å². The molecule has 0 aromatic carbocycles. The number of aliphatic hydroxyl groups is 1. The number of allylic oxidation sites excluding steroid dienone is 8. The molecule has 0 saturated carbocycles. The SMILES string of the molecule is CC[C@H]1OC(/C(C)=C/[C@H](C)[C@H]2OC(=O)/C(OC)=C/C(C)=C/[C@@H](C)[C@@H](O)[C@H](C)C/C=C/C=C/[C@@H]2OC)=CC=C1C. The standard InChI is InChI=1S/C33H48O6/c1-10-27-22(3)16-17-28(38-27)24(5)20-26(7)32-29(36-8)15-13-11-12-14-23(4)31(34)25(6)18-21(2)19-30(37-9)33(35)39-32/h11-13,15-20,23,25-27,29,31-32,34H,10,14H2,1-9H3/b12-11+,15-13+,21-18+,24-20+,30-19-/t23-,25-,26+,27-,29+,31+,32-/m1/s1. The Morgan fingerprint density at radius 1 is 1.18 bits per heavy atom. The molecule has 39 heavy (non-hydrogen) atoms. The van der Waals surface area contributed by atoms with E-state index in [4.69, 9.17) is 18.9 Å². The topological polar surface area (TPSA) is 74.2 Å². The zero-order valence-corrected chi connectivity index (χ0v) is 25.1. The molecule has 0 amide bonds. The van der Waals surface area contributed by atoms with E-state index in [1.54, 1.807) is 13.2 Å². The lowest BCUT2D eigenvalue weighted by molar-refractivity contribution is -0.155. The van der Waals surface area contributed by atoms with Crippen molar-refractivity contribution in [2.75, 3.05) is 14.2 Å². The van der Waals surface area contributed by atoms with Crippen molar-refractivity contribution in [3.05, 3.63) is 82.9 Å². The molecule has 0 aliphatic carbocycles. The molecule has 2 aliphatic heterocycles. The fourth-order valence-electron chi connectivity index (χ4n) is 4.95. The van der Waals surface area contributed by atoms with E-state index < -0.39 is 24.3 Å². The molecule has 6 heteroatoms. The molecule has 0 bridgehead atoms. The average Bonchev–Trinajstić information content (AvgIpc) is 2.91. The van der Waals surface area contributed by atoms with Gasteiger partial charge in [0, 0.05) is 18.9 Å². The summed E-state index contributed by atoms with van der Waals surface area (Å²) in [7, 11) is 3.06. The van der Waals surface area contributed by atoms with E-state index in [2.05, 4.69) is 26.0 Å². The largest absolute Gasteiger partial charge is 0.490 e. The Kier molecular flexibility index (Phi) is 13.0. The van der Waals surface area contributed by atoms with Crippen LogP contribution in [0.3, 0.4) is 0 Å². The first-order valence-corrected chi connectivity index (χ1v) is 13.9. The molecule has 6 nitrogen and oxygen atoms in total. The van der Waals surface area contributed by atoms with Crippen LogP contribution in [0.25, 0.3) is 0 Å². The minimum atomic E-state index is -0.624. The van der Waals surface area contributed by atoms with Crippen LogP contribution < -0.4 is 0 Å². The highest BCUT2D eigenvalue weighted by Crippen LogP contribution is 2.28. The Morgan fingerprint density at radius 3 is 2.54 bits per heavy atom. The van der Waals surface area contributed by atoms with E-state index in [1.807, 2.05) is 71.1 Å². The Morgan fingerprint density at radius 2 is 1.90 bits per heavy atom. The molecule has 0 radical (unpaired) electrons. The molecule has 0 spiro atoms. The maximum atomic E-state index is 13.3. The van der Waals surface area contributed by atoms with Gasteiger partial charge in [0.15, 0.2) is 0 Å². The van der Waals surface area contributed by atoms with Gasteiger partial charge in [-0.3, -0.25) is 0 Å². The quantitative estimate of drug-likeness (QED) is 0.375. The van der Waals surface area contributed by atoms with Crippen LogP contribution in [0.2, 0.25) is 0 Å². The van der Waals surface area contributed by atoms with Gasteiger partial charge < -0.3 is 24.1 Å². The second-order valence-corrected chi connectivity index (χ2v) is 10.7. The number of methoxy groups -OCH3 is 2. The number of hydrogen-bond acceptors (Lipinski definition) is 6. The molecule has 0 aromatic rings. The summed E-state index contributed by atoms with van der Waals surface area (Å²) >= 11 is 0. The summed E-state index contributed by atoms with van der Waals surface area (Å²) in [6.07, 6.45) is 17.6. The van der Waals surface area contributed by atoms with Crippen LogP contribution in [0.1, 0.15) is 61.3 Å². The maximum absolute atomic E-state index is 13.3. The number of hydrogen-bond donors (Lipinski definition) is 1. The van der Waals surface area contributed by atoms with E-state index in [0.29, 0.717) is 0 Å². The summed E-state index contributed by atoms with van der Waals surface area (Å²) < 4.78 is 23.5. The summed E-state index contributed by atoms with van der Waals surface area (Å²) in [4.78, 5) is 13.3. The zero-order valence-electron chi connectivity index (χ0n) is 25.1. The Bertz CT molecular complexity index is 1040. The van der Waals surface area contributed by atoms with Crippen LogP contribution in [0.5, 0.6) is 0 Å². The second-order valence-electron chi connectivity index (χ2n) is 10.7. The zero-order chi connectivity index (χ0) is 29.1. The highest BCUT2D eigenvalue weighted by atomic mass is 16.6. The third-order valence-corrected chi connectivity index (χ3v) is 7.39. The summed E-state index contributed by atoms with van der Waals surface area (Å²) in [5.74, 6) is 0.0994. The van der Waals surface area contributed by atoms with Crippen LogP contribution >= 0.6 is 0 Å². The first-order valence-electron chi connectivity index (χ1n) is 13.9. The van der Waals surface area contributed by atoms with E-state index in [1.165, 1.54) is 12.7 Å². The number of cyclic esters (lactones) is 1. The van der Waals surface area contributed by atoms with E-state index in [-0.39, 0.29) is 29.6 Å². The van der Waals surface area contributed by atoms with E-state index in [0.717, 1.165) is 29.7 Å². The van der Waals surface area contributed by atoms with Gasteiger partial charge >= 0.3 is 5.97 Å². The van der Waals surface area contributed by atoms with Gasteiger partial charge in [0.2, 0.25) is 5.76 Å². The van der Waals surface area contributed by atoms with Crippen molar-refractivity contribution in [1.29, 1.82) is 0 Å². The van der Waals surface area contributed by atoms with Gasteiger partial charge in [-0.05, 0) is 62.8 Å². The third-order valence-electron chi connectivity index (χ3n) is 7.39. The second kappa shape index (κ2) is 15.7. The van der Waals surface area contributed by atoms with Crippen molar-refractivity contribution in [3.8, 4) is 0 Å². The number of carbonyl (C=O) groups is 1. The lowest BCUT2D eigenvalue weighted by Gasteiger charge is -2.29. The van der Waals surface area contributed by atoms with Crippen molar-refractivity contribution in [2.24, 2.45) is 17.8 Å². The van der Waals surface area contributed by atoms with Crippen LogP contribution in [-0.2, 0) is 23.7 Å². The van der Waals surface area contributed by atoms with Gasteiger partial charge in [-0.1, -0.05) is 75.8 Å². The number of aliphatic hydroxyl groups excluding tert-OH is 1. The summed E-state index contributed by atoms with van der Waals surface area (Å²) in [6.45, 7) is 14.1.